The molecule has 27 heavy (non-hydrogen) atoms. The minimum Gasteiger partial charge on any atom is -0.323 e. The van der Waals surface area contributed by atoms with Gasteiger partial charge in [-0.05, 0) is 24.1 Å². The molecule has 4 rings (SSSR count). The van der Waals surface area contributed by atoms with Gasteiger partial charge in [-0.25, -0.2) is 4.98 Å². The van der Waals surface area contributed by atoms with Crippen LogP contribution >= 0.6 is 23.1 Å². The Morgan fingerprint density at radius 2 is 2.00 bits per heavy atom. The number of anilines is 1. The molecule has 1 saturated heterocycles. The Kier molecular flexibility index (Phi) is 5.13. The second-order valence-corrected chi connectivity index (χ2v) is 8.42. The number of hydrogen-bond acceptors (Lipinski definition) is 5. The van der Waals surface area contributed by atoms with Gasteiger partial charge in [-0.3, -0.25) is 14.5 Å². The summed E-state index contributed by atoms with van der Waals surface area (Å²) in [6, 6.07) is 15.9. The van der Waals surface area contributed by atoms with Gasteiger partial charge in [0.25, 0.3) is 0 Å². The predicted molar refractivity (Wildman–Crippen MR) is 111 cm³/mol. The number of hydrogen-bond donors (Lipinski definition) is 0. The summed E-state index contributed by atoms with van der Waals surface area (Å²) in [6.45, 7) is 2.55. The third-order valence-corrected chi connectivity index (χ3v) is 6.47. The number of nitrogens with zero attached hydrogens (tertiary/aromatic N) is 3. The highest BCUT2D eigenvalue weighted by molar-refractivity contribution is 8.00. The van der Waals surface area contributed by atoms with Crippen molar-refractivity contribution in [2.75, 3.05) is 23.1 Å². The van der Waals surface area contributed by atoms with Crippen LogP contribution < -0.4 is 4.90 Å². The van der Waals surface area contributed by atoms with Gasteiger partial charge in [0, 0.05) is 0 Å². The molecule has 0 aliphatic carbocycles. The van der Waals surface area contributed by atoms with Crippen molar-refractivity contribution in [1.29, 1.82) is 0 Å². The molecule has 0 saturated carbocycles. The first kappa shape index (κ1) is 18.0. The summed E-state index contributed by atoms with van der Waals surface area (Å²) in [5, 5.41) is 0.674. The number of aromatic nitrogens is 1. The number of para-hydroxylation sites is 1. The zero-order valence-corrected chi connectivity index (χ0v) is 16.6. The monoisotopic (exact) mass is 397 g/mol. The van der Waals surface area contributed by atoms with Crippen LogP contribution in [0.15, 0.2) is 48.5 Å². The van der Waals surface area contributed by atoms with Crippen LogP contribution in [0.4, 0.5) is 5.13 Å². The lowest BCUT2D eigenvalue weighted by atomic mass is 10.2. The number of rotatable bonds is 5. The molecule has 7 heteroatoms. The van der Waals surface area contributed by atoms with Crippen LogP contribution in [0, 0.1) is 6.92 Å². The van der Waals surface area contributed by atoms with Crippen molar-refractivity contribution in [3.63, 3.8) is 0 Å². The molecule has 0 atom stereocenters. The molecule has 2 aromatic carbocycles. The topological polar surface area (TPSA) is 53.5 Å². The fourth-order valence-electron chi connectivity index (χ4n) is 3.01. The van der Waals surface area contributed by atoms with Gasteiger partial charge < -0.3 is 4.90 Å². The molecule has 2 amide bonds. The third kappa shape index (κ3) is 3.84. The maximum atomic E-state index is 13.1. The molecule has 0 N–H and O–H groups in total. The van der Waals surface area contributed by atoms with E-state index in [0.717, 1.165) is 21.3 Å². The normalized spacial score (nSPS) is 14.1. The van der Waals surface area contributed by atoms with Crippen LogP contribution in [0.25, 0.3) is 10.2 Å². The Morgan fingerprint density at radius 3 is 2.70 bits per heavy atom. The SMILES string of the molecule is Cc1cccc2sc(N(Cc3ccccc3)C(=O)CN3CSCC3=O)nc12. The molecule has 3 aromatic rings. The van der Waals surface area contributed by atoms with Crippen molar-refractivity contribution in [2.45, 2.75) is 13.5 Å². The molecular weight excluding hydrogens is 378 g/mol. The molecule has 1 fully saturated rings. The van der Waals surface area contributed by atoms with Gasteiger partial charge in [-0.1, -0.05) is 53.8 Å². The van der Waals surface area contributed by atoms with Crippen molar-refractivity contribution in [2.24, 2.45) is 0 Å². The van der Waals surface area contributed by atoms with Crippen molar-refractivity contribution in [3.05, 3.63) is 59.7 Å². The third-order valence-electron chi connectivity index (χ3n) is 4.48. The Balaban J connectivity index is 1.67. The highest BCUT2D eigenvalue weighted by Gasteiger charge is 2.27. The van der Waals surface area contributed by atoms with Crippen LogP contribution in [0.5, 0.6) is 0 Å². The van der Waals surface area contributed by atoms with E-state index in [-0.39, 0.29) is 18.4 Å². The Labute approximate surface area is 166 Å². The Hall–Kier alpha value is -2.38. The molecule has 138 valence electrons. The molecule has 1 aliphatic rings. The summed E-state index contributed by atoms with van der Waals surface area (Å²) < 4.78 is 1.06. The Bertz CT molecular complexity index is 987. The average Bonchev–Trinajstić information content (AvgIpc) is 3.28. The van der Waals surface area contributed by atoms with Crippen molar-refractivity contribution in [1.82, 2.24) is 9.88 Å². The van der Waals surface area contributed by atoms with Crippen molar-refractivity contribution < 1.29 is 9.59 Å². The quantitative estimate of drug-likeness (QED) is 0.659. The number of carbonyl (C=O) groups is 2. The highest BCUT2D eigenvalue weighted by Crippen LogP contribution is 2.31. The fourth-order valence-corrected chi connectivity index (χ4v) is 4.97. The minimum atomic E-state index is -0.105. The summed E-state index contributed by atoms with van der Waals surface area (Å²) in [5.41, 5.74) is 3.05. The lowest BCUT2D eigenvalue weighted by Gasteiger charge is -2.23. The first-order valence-electron chi connectivity index (χ1n) is 8.68. The van der Waals surface area contributed by atoms with Gasteiger partial charge in [0.1, 0.15) is 6.54 Å². The minimum absolute atomic E-state index is 0.0214. The van der Waals surface area contributed by atoms with Crippen LogP contribution in [0.2, 0.25) is 0 Å². The maximum absolute atomic E-state index is 13.1. The molecule has 0 bridgehead atoms. The van der Waals surface area contributed by atoms with E-state index < -0.39 is 0 Å². The molecule has 1 aliphatic heterocycles. The summed E-state index contributed by atoms with van der Waals surface area (Å²) >= 11 is 3.05. The van der Waals surface area contributed by atoms with E-state index in [2.05, 4.69) is 0 Å². The van der Waals surface area contributed by atoms with E-state index in [1.807, 2.05) is 55.5 Å². The molecule has 1 aromatic heterocycles. The van der Waals surface area contributed by atoms with Gasteiger partial charge in [0.05, 0.1) is 28.4 Å². The van der Waals surface area contributed by atoms with E-state index >= 15 is 0 Å². The summed E-state index contributed by atoms with van der Waals surface area (Å²) in [4.78, 5) is 33.1. The smallest absolute Gasteiger partial charge is 0.248 e. The lowest BCUT2D eigenvalue weighted by molar-refractivity contribution is -0.131. The van der Waals surface area contributed by atoms with Gasteiger partial charge in [0.15, 0.2) is 5.13 Å². The van der Waals surface area contributed by atoms with E-state index in [4.69, 9.17) is 4.98 Å². The average molecular weight is 398 g/mol. The largest absolute Gasteiger partial charge is 0.323 e. The second kappa shape index (κ2) is 7.70. The lowest BCUT2D eigenvalue weighted by Crippen LogP contribution is -2.40. The molecule has 5 nitrogen and oxygen atoms in total. The predicted octanol–water partition coefficient (Wildman–Crippen LogP) is 3.67. The van der Waals surface area contributed by atoms with Crippen molar-refractivity contribution >= 4 is 50.3 Å². The van der Waals surface area contributed by atoms with Gasteiger partial charge >= 0.3 is 0 Å². The van der Waals surface area contributed by atoms with Crippen LogP contribution in [-0.4, -0.2) is 39.9 Å². The number of benzene rings is 2. The fraction of sp³-hybridized carbons (Fsp3) is 0.250. The van der Waals surface area contributed by atoms with Crippen LogP contribution in [0.1, 0.15) is 11.1 Å². The molecule has 0 radical (unpaired) electrons. The Morgan fingerprint density at radius 1 is 1.19 bits per heavy atom. The van der Waals surface area contributed by atoms with Gasteiger partial charge in [0.2, 0.25) is 11.8 Å². The summed E-state index contributed by atoms with van der Waals surface area (Å²) in [6.07, 6.45) is 0. The number of thiazole rings is 1. The molecule has 0 spiro atoms. The second-order valence-electron chi connectivity index (χ2n) is 6.45. The number of amides is 2. The highest BCUT2D eigenvalue weighted by atomic mass is 32.2. The van der Waals surface area contributed by atoms with Gasteiger partial charge in [-0.2, -0.15) is 0 Å². The number of fused-ring (bicyclic) bond motifs is 1. The first-order chi connectivity index (χ1) is 13.1. The molecular formula is C20H19N3O2S2. The van der Waals surface area contributed by atoms with E-state index in [1.54, 1.807) is 21.6 Å². The zero-order valence-electron chi connectivity index (χ0n) is 14.9. The van der Waals surface area contributed by atoms with E-state index in [1.165, 1.54) is 11.3 Å². The van der Waals surface area contributed by atoms with Gasteiger partial charge in [-0.15, -0.1) is 11.8 Å². The number of aryl methyl sites for hydroxylation is 1. The van der Waals surface area contributed by atoms with Crippen LogP contribution in [-0.2, 0) is 16.1 Å². The maximum Gasteiger partial charge on any atom is 0.248 e. The van der Waals surface area contributed by atoms with E-state index in [0.29, 0.717) is 23.3 Å². The molecule has 0 unspecified atom stereocenters. The standard InChI is InChI=1S/C20H19N3O2S2/c1-14-6-5-9-16-19(14)21-20(27-16)23(10-15-7-3-2-4-8-15)17(24)11-22-13-26-12-18(22)25/h2-9H,10-13H2,1H3. The van der Waals surface area contributed by atoms with Crippen LogP contribution in [0.3, 0.4) is 0 Å². The van der Waals surface area contributed by atoms with E-state index in [9.17, 15) is 9.59 Å². The van der Waals surface area contributed by atoms with Crippen molar-refractivity contribution in [3.8, 4) is 0 Å². The summed E-state index contributed by atoms with van der Waals surface area (Å²) in [5.74, 6) is 0.939. The summed E-state index contributed by atoms with van der Waals surface area (Å²) in [7, 11) is 0. The number of carbonyl (C=O) groups excluding carboxylic acids is 2. The molecule has 2 heterocycles. The number of thioether (sulfide) groups is 1. The first-order valence-corrected chi connectivity index (χ1v) is 10.6. The zero-order chi connectivity index (χ0) is 18.8.